The Morgan fingerprint density at radius 1 is 1.02 bits per heavy atom. The smallest absolute Gasteiger partial charge is 0.331 e. The fraction of sp³-hybridized carbons (Fsp3) is 0.509. The number of nitrogens with two attached hydrogens (primary N) is 2. The Hall–Kier alpha value is -5.08. The lowest BCUT2D eigenvalue weighted by Crippen LogP contribution is -2.72. The van der Waals surface area contributed by atoms with E-state index in [1.54, 1.807) is 0 Å². The Bertz CT molecular complexity index is 2710. The SMILES string of the molecule is CC(=CC1(O)C2=CCC3=C2C2C4(O)C(=CC5(O)C6=C7C(=O)CC(C)(C28C=CC(N=C(N)N)C1C8C)C64CCC#CCC1(C)C(=O)CCC7(C)C1C5C=Cc1ccccc1)C3)C(=O)O. The molecule has 0 aliphatic heterocycles. The van der Waals surface area contributed by atoms with Gasteiger partial charge in [0, 0.05) is 76.2 Å². The van der Waals surface area contributed by atoms with Crippen LogP contribution in [-0.2, 0) is 14.4 Å². The summed E-state index contributed by atoms with van der Waals surface area (Å²) in [5.41, 5.74) is 6.65. The van der Waals surface area contributed by atoms with Crippen LogP contribution in [-0.4, -0.2) is 66.8 Å². The number of aliphatic carboxylic acids is 1. The number of hydrogen-bond donors (Lipinski definition) is 6. The van der Waals surface area contributed by atoms with Crippen molar-refractivity contribution in [3.63, 3.8) is 0 Å². The molecule has 0 amide bonds. The van der Waals surface area contributed by atoms with Gasteiger partial charge in [0.1, 0.15) is 22.6 Å². The zero-order valence-corrected chi connectivity index (χ0v) is 36.7. The third-order valence-corrected chi connectivity index (χ3v) is 19.2. The molecule has 10 aliphatic rings. The highest BCUT2D eigenvalue weighted by molar-refractivity contribution is 6.02. The maximum Gasteiger partial charge on any atom is 0.331 e. The number of aliphatic hydroxyl groups is 3. The molecule has 63 heavy (non-hydrogen) atoms. The Balaban J connectivity index is 1.31. The average Bonchev–Trinajstić information content (AvgIpc) is 3.68. The van der Waals surface area contributed by atoms with Crippen molar-refractivity contribution in [1.29, 1.82) is 0 Å². The number of Topliss-reactive ketones (excluding diaryl/α,β-unsaturated/α-hetero) is 2. The molecule has 11 rings (SSSR count). The maximum atomic E-state index is 16.1. The monoisotopic (exact) mass is 847 g/mol. The summed E-state index contributed by atoms with van der Waals surface area (Å²) in [5, 5.41) is 53.2. The number of carbonyl (C=O) groups excluding carboxylic acids is 2. The third-order valence-electron chi connectivity index (χ3n) is 19.2. The van der Waals surface area contributed by atoms with Crippen LogP contribution in [0.3, 0.4) is 0 Å². The van der Waals surface area contributed by atoms with Crippen LogP contribution in [0.1, 0.15) is 91.5 Å². The van der Waals surface area contributed by atoms with Crippen LogP contribution in [0.2, 0.25) is 0 Å². The standard InChI is InChI=1S/C53H57N3O7/c1-28(44(59)60)25-50(61)33-17-15-31-24-32-26-51(62)34(16-14-30-12-8-6-9-13-30)41-46(3)20-10-7-11-21-52-43(51)40(47(41,4)22-19-37(46)58)36(57)27-48(52,5)49(42(38(31)33)53(32,52)63)23-18-35(56-45(54)55)39(50)29(49)2/h6,8-9,12-14,16-18,23,25-26,29,34-35,39,41-42,61-63H,11,15,19-22,24,27H2,1-5H3,(H,59,60)(H4,54,55,56). The molecule has 10 nitrogen and oxygen atoms in total. The van der Waals surface area contributed by atoms with Gasteiger partial charge in [0.25, 0.3) is 0 Å². The molecule has 0 radical (unpaired) electrons. The van der Waals surface area contributed by atoms with Crippen LogP contribution < -0.4 is 11.5 Å². The molecule has 3 saturated carbocycles. The van der Waals surface area contributed by atoms with Crippen LogP contribution in [0.5, 0.6) is 0 Å². The summed E-state index contributed by atoms with van der Waals surface area (Å²) in [6.45, 7) is 9.80. The van der Waals surface area contributed by atoms with Crippen molar-refractivity contribution < 1.29 is 34.8 Å². The molecule has 3 fully saturated rings. The van der Waals surface area contributed by atoms with Gasteiger partial charge in [0.15, 0.2) is 11.7 Å². The van der Waals surface area contributed by atoms with E-state index in [0.717, 1.165) is 16.7 Å². The summed E-state index contributed by atoms with van der Waals surface area (Å²) < 4.78 is 0. The van der Waals surface area contributed by atoms with Crippen molar-refractivity contribution in [3.8, 4) is 11.8 Å². The summed E-state index contributed by atoms with van der Waals surface area (Å²) in [6, 6.07) is 9.14. The number of allylic oxidation sites excluding steroid dienone is 4. The Morgan fingerprint density at radius 3 is 2.48 bits per heavy atom. The number of benzene rings is 1. The highest BCUT2D eigenvalue weighted by Crippen LogP contribution is 2.89. The molecule has 8 N–H and O–H groups in total. The Kier molecular flexibility index (Phi) is 7.99. The molecule has 14 atom stereocenters. The van der Waals surface area contributed by atoms with Gasteiger partial charge in [-0.1, -0.05) is 94.0 Å². The Labute approximate surface area is 368 Å². The summed E-state index contributed by atoms with van der Waals surface area (Å²) in [5.74, 6) is 2.30. The minimum atomic E-state index is -1.89. The van der Waals surface area contributed by atoms with Crippen molar-refractivity contribution in [2.24, 2.45) is 73.1 Å². The number of ketones is 2. The molecule has 14 unspecified atom stereocenters. The lowest BCUT2D eigenvalue weighted by molar-refractivity contribution is -0.172. The van der Waals surface area contributed by atoms with E-state index in [2.05, 4.69) is 37.8 Å². The van der Waals surface area contributed by atoms with Crippen molar-refractivity contribution in [2.45, 2.75) is 109 Å². The molecule has 0 aromatic heterocycles. The molecule has 6 bridgehead atoms. The van der Waals surface area contributed by atoms with Gasteiger partial charge in [0.05, 0.1) is 6.04 Å². The number of nitrogens with zero attached hydrogens (tertiary/aromatic N) is 1. The van der Waals surface area contributed by atoms with Gasteiger partial charge in [-0.3, -0.25) is 9.59 Å². The van der Waals surface area contributed by atoms with Gasteiger partial charge >= 0.3 is 5.97 Å². The van der Waals surface area contributed by atoms with E-state index in [9.17, 15) is 30.0 Å². The molecule has 1 aromatic rings. The van der Waals surface area contributed by atoms with Crippen molar-refractivity contribution in [1.82, 2.24) is 0 Å². The van der Waals surface area contributed by atoms with E-state index in [4.69, 9.17) is 16.5 Å². The number of aliphatic imine (C=N–C) groups is 1. The topological polar surface area (TPSA) is 197 Å². The van der Waals surface area contributed by atoms with Crippen LogP contribution >= 0.6 is 0 Å². The first-order chi connectivity index (χ1) is 29.7. The van der Waals surface area contributed by atoms with Gasteiger partial charge < -0.3 is 31.9 Å². The molecular formula is C53H57N3O7. The molecule has 1 aromatic carbocycles. The molecule has 326 valence electrons. The van der Waals surface area contributed by atoms with Gasteiger partial charge in [-0.15, -0.1) is 11.8 Å². The average molecular weight is 848 g/mol. The van der Waals surface area contributed by atoms with Gasteiger partial charge in [-0.2, -0.15) is 0 Å². The second-order valence-corrected chi connectivity index (χ2v) is 21.5. The van der Waals surface area contributed by atoms with Crippen LogP contribution in [0.4, 0.5) is 0 Å². The van der Waals surface area contributed by atoms with E-state index >= 15 is 4.79 Å². The molecule has 10 aliphatic carbocycles. The van der Waals surface area contributed by atoms with E-state index in [1.165, 1.54) is 13.0 Å². The number of hydrogen-bond acceptors (Lipinski definition) is 7. The number of guanidine groups is 1. The van der Waals surface area contributed by atoms with Gasteiger partial charge in [-0.05, 0) is 89.9 Å². The predicted molar refractivity (Wildman–Crippen MR) is 238 cm³/mol. The Morgan fingerprint density at radius 2 is 1.76 bits per heavy atom. The second-order valence-electron chi connectivity index (χ2n) is 21.5. The van der Waals surface area contributed by atoms with Crippen LogP contribution in [0.25, 0.3) is 6.08 Å². The summed E-state index contributed by atoms with van der Waals surface area (Å²) in [6.07, 6.45) is 15.9. The molecular weight excluding hydrogens is 791 g/mol. The lowest BCUT2D eigenvalue weighted by Gasteiger charge is -2.70. The number of fused-ring (bicyclic) bond motifs is 2. The number of carbonyl (C=O) groups is 3. The van der Waals surface area contributed by atoms with E-state index in [0.29, 0.717) is 54.4 Å². The van der Waals surface area contributed by atoms with E-state index < -0.39 is 85.5 Å². The predicted octanol–water partition coefficient (Wildman–Crippen LogP) is 6.06. The lowest BCUT2D eigenvalue weighted by atomic mass is 9.33. The fourth-order valence-electron chi connectivity index (χ4n) is 17.2. The number of carboxylic acids is 1. The molecule has 2 spiro atoms. The highest BCUT2D eigenvalue weighted by atomic mass is 16.4. The number of rotatable bonds is 5. The van der Waals surface area contributed by atoms with E-state index in [-0.39, 0.29) is 42.4 Å². The summed E-state index contributed by atoms with van der Waals surface area (Å²) >= 11 is 0. The van der Waals surface area contributed by atoms with Crippen molar-refractivity contribution in [3.05, 3.63) is 111 Å². The third kappa shape index (κ3) is 4.34. The molecule has 0 saturated heterocycles. The maximum absolute atomic E-state index is 16.1. The highest BCUT2D eigenvalue weighted by Gasteiger charge is 2.89. The molecule has 10 heteroatoms. The second kappa shape index (κ2) is 12.4. The fourth-order valence-corrected chi connectivity index (χ4v) is 17.2. The zero-order chi connectivity index (χ0) is 44.7. The van der Waals surface area contributed by atoms with Crippen molar-refractivity contribution in [2.75, 3.05) is 0 Å². The first kappa shape index (κ1) is 40.7. The number of carboxylic acid groups (broad SMARTS) is 1. The zero-order valence-electron chi connectivity index (χ0n) is 36.7. The van der Waals surface area contributed by atoms with Crippen molar-refractivity contribution >= 4 is 29.6 Å². The van der Waals surface area contributed by atoms with Gasteiger partial charge in [0.2, 0.25) is 0 Å². The van der Waals surface area contributed by atoms with E-state index in [1.807, 2.05) is 68.5 Å². The van der Waals surface area contributed by atoms with Gasteiger partial charge in [-0.25, -0.2) is 9.79 Å². The molecule has 0 heterocycles. The van der Waals surface area contributed by atoms with Crippen LogP contribution in [0, 0.1) is 68.5 Å². The van der Waals surface area contributed by atoms with Crippen LogP contribution in [0.15, 0.2) is 111 Å². The quantitative estimate of drug-likeness (QED) is 0.0671. The minimum Gasteiger partial charge on any atom is -0.478 e. The largest absolute Gasteiger partial charge is 0.478 e. The summed E-state index contributed by atoms with van der Waals surface area (Å²) in [4.78, 5) is 47.9. The normalized spacial score (nSPS) is 47.1. The first-order valence-electron chi connectivity index (χ1n) is 22.8. The first-order valence-corrected chi connectivity index (χ1v) is 22.8. The minimum absolute atomic E-state index is 0.0391. The summed E-state index contributed by atoms with van der Waals surface area (Å²) in [7, 11) is 0.